The van der Waals surface area contributed by atoms with Gasteiger partial charge in [-0.1, -0.05) is 18.2 Å². The lowest BCUT2D eigenvalue weighted by atomic mass is 10.2. The van der Waals surface area contributed by atoms with Gasteiger partial charge in [0.25, 0.3) is 5.69 Å². The van der Waals surface area contributed by atoms with Crippen molar-refractivity contribution in [2.75, 3.05) is 12.9 Å². The Labute approximate surface area is 137 Å². The highest BCUT2D eigenvalue weighted by Gasteiger charge is 2.09. The largest absolute Gasteiger partial charge is 0.496 e. The molecule has 2 rings (SSSR count). The summed E-state index contributed by atoms with van der Waals surface area (Å²) < 4.78 is 10.4. The number of benzene rings is 2. The van der Waals surface area contributed by atoms with Crippen molar-refractivity contribution in [1.82, 2.24) is 0 Å². The van der Waals surface area contributed by atoms with Crippen molar-refractivity contribution in [2.24, 2.45) is 0 Å². The predicted molar refractivity (Wildman–Crippen MR) is 86.6 cm³/mol. The lowest BCUT2D eigenvalue weighted by Gasteiger charge is -2.09. The molecule has 6 nitrogen and oxygen atoms in total. The number of hydrogen-bond donors (Lipinski definition) is 0. The van der Waals surface area contributed by atoms with Crippen molar-refractivity contribution in [1.29, 1.82) is 0 Å². The van der Waals surface area contributed by atoms with Crippen LogP contribution in [-0.2, 0) is 16.1 Å². The predicted octanol–water partition coefficient (Wildman–Crippen LogP) is 3.44. The van der Waals surface area contributed by atoms with Crippen molar-refractivity contribution in [3.63, 3.8) is 0 Å². The number of carbonyl (C=O) groups excluding carboxylic acids is 1. The minimum absolute atomic E-state index is 0.0214. The van der Waals surface area contributed by atoms with Gasteiger partial charge in [0.1, 0.15) is 12.4 Å². The van der Waals surface area contributed by atoms with Gasteiger partial charge in [0.05, 0.1) is 17.8 Å². The van der Waals surface area contributed by atoms with Gasteiger partial charge < -0.3 is 9.47 Å². The van der Waals surface area contributed by atoms with Gasteiger partial charge >= 0.3 is 5.97 Å². The van der Waals surface area contributed by atoms with Crippen LogP contribution in [0.2, 0.25) is 0 Å². The van der Waals surface area contributed by atoms with Crippen LogP contribution >= 0.6 is 11.8 Å². The van der Waals surface area contributed by atoms with E-state index >= 15 is 0 Å². The summed E-state index contributed by atoms with van der Waals surface area (Å²) >= 11 is 1.27. The van der Waals surface area contributed by atoms with Crippen LogP contribution in [0.1, 0.15) is 5.56 Å². The van der Waals surface area contributed by atoms with Crippen LogP contribution in [-0.4, -0.2) is 23.8 Å². The Kier molecular flexibility index (Phi) is 5.99. The minimum atomic E-state index is -0.462. The number of nitrogens with zero attached hydrogens (tertiary/aromatic N) is 1. The first-order chi connectivity index (χ1) is 11.1. The van der Waals surface area contributed by atoms with Crippen LogP contribution in [0.5, 0.6) is 5.75 Å². The van der Waals surface area contributed by atoms with Crippen LogP contribution < -0.4 is 4.74 Å². The van der Waals surface area contributed by atoms with E-state index in [0.717, 1.165) is 10.5 Å². The van der Waals surface area contributed by atoms with Crippen LogP contribution in [0.25, 0.3) is 0 Å². The Morgan fingerprint density at radius 3 is 2.52 bits per heavy atom. The molecule has 0 unspecified atom stereocenters. The Morgan fingerprint density at radius 1 is 1.17 bits per heavy atom. The van der Waals surface area contributed by atoms with Gasteiger partial charge in [-0.2, -0.15) is 0 Å². The molecule has 0 amide bonds. The van der Waals surface area contributed by atoms with E-state index in [4.69, 9.17) is 9.47 Å². The van der Waals surface area contributed by atoms with E-state index in [1.54, 1.807) is 25.3 Å². The highest BCUT2D eigenvalue weighted by Crippen LogP contribution is 2.22. The molecule has 0 atom stereocenters. The zero-order valence-corrected chi connectivity index (χ0v) is 13.2. The summed E-state index contributed by atoms with van der Waals surface area (Å²) in [5.41, 5.74) is 0.816. The molecule has 0 aliphatic heterocycles. The highest BCUT2D eigenvalue weighted by atomic mass is 32.2. The summed E-state index contributed by atoms with van der Waals surface area (Å²) in [6.07, 6.45) is 0. The summed E-state index contributed by atoms with van der Waals surface area (Å²) in [7, 11) is 1.56. The third-order valence-corrected chi connectivity index (χ3v) is 3.97. The number of nitro groups is 1. The maximum Gasteiger partial charge on any atom is 0.316 e. The molecular weight excluding hydrogens is 318 g/mol. The zero-order valence-electron chi connectivity index (χ0n) is 12.4. The van der Waals surface area contributed by atoms with E-state index < -0.39 is 4.92 Å². The lowest BCUT2D eigenvalue weighted by Crippen LogP contribution is -2.07. The monoisotopic (exact) mass is 333 g/mol. The molecule has 0 radical (unpaired) electrons. The molecule has 0 saturated heterocycles. The molecule has 0 fully saturated rings. The number of ether oxygens (including phenoxy) is 2. The minimum Gasteiger partial charge on any atom is -0.496 e. The van der Waals surface area contributed by atoms with E-state index in [1.165, 1.54) is 23.9 Å². The van der Waals surface area contributed by atoms with Crippen molar-refractivity contribution >= 4 is 23.4 Å². The molecule has 2 aromatic carbocycles. The number of rotatable bonds is 7. The molecule has 7 heteroatoms. The fraction of sp³-hybridized carbons (Fsp3) is 0.188. The van der Waals surface area contributed by atoms with E-state index in [9.17, 15) is 14.9 Å². The van der Waals surface area contributed by atoms with Gasteiger partial charge in [0, 0.05) is 22.6 Å². The summed E-state index contributed by atoms with van der Waals surface area (Å²) in [5.74, 6) is 0.440. The summed E-state index contributed by atoms with van der Waals surface area (Å²) in [5, 5.41) is 10.6. The van der Waals surface area contributed by atoms with Crippen molar-refractivity contribution < 1.29 is 19.2 Å². The van der Waals surface area contributed by atoms with Crippen LogP contribution in [0, 0.1) is 10.1 Å². The first-order valence-corrected chi connectivity index (χ1v) is 7.73. The second kappa shape index (κ2) is 8.19. The van der Waals surface area contributed by atoms with Crippen LogP contribution in [0.15, 0.2) is 53.4 Å². The number of esters is 1. The van der Waals surface area contributed by atoms with Gasteiger partial charge in [0.2, 0.25) is 0 Å². The van der Waals surface area contributed by atoms with Crippen molar-refractivity contribution in [2.45, 2.75) is 11.5 Å². The lowest BCUT2D eigenvalue weighted by molar-refractivity contribution is -0.384. The first-order valence-electron chi connectivity index (χ1n) is 6.75. The average Bonchev–Trinajstić information content (AvgIpc) is 2.58. The van der Waals surface area contributed by atoms with Gasteiger partial charge in [-0.05, 0) is 18.2 Å². The van der Waals surface area contributed by atoms with Crippen LogP contribution in [0.3, 0.4) is 0 Å². The number of hydrogen-bond acceptors (Lipinski definition) is 6. The summed E-state index contributed by atoms with van der Waals surface area (Å²) in [6.45, 7) is 0.143. The maximum absolute atomic E-state index is 11.8. The molecule has 2 aromatic rings. The molecule has 0 aliphatic rings. The number of nitro benzene ring substituents is 1. The van der Waals surface area contributed by atoms with Crippen molar-refractivity contribution in [3.05, 3.63) is 64.2 Å². The molecule has 0 N–H and O–H groups in total. The van der Waals surface area contributed by atoms with E-state index in [-0.39, 0.29) is 24.0 Å². The van der Waals surface area contributed by atoms with Crippen LogP contribution in [0.4, 0.5) is 5.69 Å². The molecule has 0 bridgehead atoms. The van der Waals surface area contributed by atoms with E-state index in [1.807, 2.05) is 18.2 Å². The second-order valence-corrected chi connectivity index (χ2v) is 5.56. The Balaban J connectivity index is 1.82. The third kappa shape index (κ3) is 5.00. The molecule has 0 aliphatic carbocycles. The number of thioether (sulfide) groups is 1. The quantitative estimate of drug-likeness (QED) is 0.334. The fourth-order valence-electron chi connectivity index (χ4n) is 1.83. The second-order valence-electron chi connectivity index (χ2n) is 4.51. The standard InChI is InChI=1S/C16H15NO5S/c1-21-15-5-3-2-4-12(15)10-22-16(18)11-23-14-8-6-13(7-9-14)17(19)20/h2-9H,10-11H2,1H3. The Bertz CT molecular complexity index is 687. The number of methoxy groups -OCH3 is 1. The molecule has 0 heterocycles. The molecule has 0 spiro atoms. The van der Waals surface area contributed by atoms with Gasteiger partial charge in [0.15, 0.2) is 0 Å². The molecule has 0 aromatic heterocycles. The third-order valence-electron chi connectivity index (χ3n) is 2.99. The van der Waals surface area contributed by atoms with Gasteiger partial charge in [-0.3, -0.25) is 14.9 Å². The molecule has 120 valence electrons. The number of para-hydroxylation sites is 1. The van der Waals surface area contributed by atoms with Gasteiger partial charge in [-0.15, -0.1) is 11.8 Å². The van der Waals surface area contributed by atoms with Gasteiger partial charge in [-0.25, -0.2) is 0 Å². The topological polar surface area (TPSA) is 78.7 Å². The molecule has 23 heavy (non-hydrogen) atoms. The summed E-state index contributed by atoms with van der Waals surface area (Å²) in [6, 6.07) is 13.3. The Morgan fingerprint density at radius 2 is 1.87 bits per heavy atom. The summed E-state index contributed by atoms with van der Waals surface area (Å²) in [4.78, 5) is 22.6. The fourth-order valence-corrected chi connectivity index (χ4v) is 2.52. The highest BCUT2D eigenvalue weighted by molar-refractivity contribution is 8.00. The number of non-ortho nitro benzene ring substituents is 1. The first kappa shape index (κ1) is 16.8. The smallest absolute Gasteiger partial charge is 0.316 e. The zero-order chi connectivity index (χ0) is 16.7. The van der Waals surface area contributed by atoms with E-state index in [2.05, 4.69) is 0 Å². The number of carbonyl (C=O) groups is 1. The molecule has 0 saturated carbocycles. The Hall–Kier alpha value is -2.54. The average molecular weight is 333 g/mol. The van der Waals surface area contributed by atoms with Crippen molar-refractivity contribution in [3.8, 4) is 5.75 Å². The maximum atomic E-state index is 11.8. The normalized spacial score (nSPS) is 10.1. The molecular formula is C16H15NO5S. The van der Waals surface area contributed by atoms with E-state index in [0.29, 0.717) is 5.75 Å². The SMILES string of the molecule is COc1ccccc1COC(=O)CSc1ccc([N+](=O)[O-])cc1.